The number of nitrogens with zero attached hydrogens (tertiary/aromatic N) is 2. The van der Waals surface area contributed by atoms with Gasteiger partial charge in [-0.1, -0.05) is 23.1 Å². The van der Waals surface area contributed by atoms with Crippen molar-refractivity contribution in [3.8, 4) is 0 Å². The molecule has 0 unspecified atom stereocenters. The van der Waals surface area contributed by atoms with E-state index in [1.807, 2.05) is 0 Å². The van der Waals surface area contributed by atoms with Gasteiger partial charge in [0, 0.05) is 11.3 Å². The van der Waals surface area contributed by atoms with Crippen molar-refractivity contribution in [1.82, 2.24) is 10.2 Å². The predicted octanol–water partition coefficient (Wildman–Crippen LogP) is 2.01. The normalized spacial score (nSPS) is 10.6. The lowest BCUT2D eigenvalue weighted by Gasteiger charge is -1.94. The van der Waals surface area contributed by atoms with Gasteiger partial charge in [0.05, 0.1) is 0 Å². The van der Waals surface area contributed by atoms with Crippen LogP contribution in [0.4, 0.5) is 5.13 Å². The first-order chi connectivity index (χ1) is 8.06. The first kappa shape index (κ1) is 11.9. The number of carbonyl (C=O) groups is 1. The number of furan rings is 1. The summed E-state index contributed by atoms with van der Waals surface area (Å²) in [6.45, 7) is 1.73. The molecular weight excluding hydrogens is 262 g/mol. The summed E-state index contributed by atoms with van der Waals surface area (Å²) >= 11 is 2.74. The maximum absolute atomic E-state index is 10.7. The van der Waals surface area contributed by atoms with E-state index in [2.05, 4.69) is 10.2 Å². The summed E-state index contributed by atoms with van der Waals surface area (Å²) in [5, 5.41) is 16.7. The molecule has 0 radical (unpaired) electrons. The number of rotatable bonds is 4. The molecule has 2 aromatic heterocycles. The monoisotopic (exact) mass is 271 g/mol. The Hall–Kier alpha value is -1.54. The van der Waals surface area contributed by atoms with Gasteiger partial charge in [-0.2, -0.15) is 0 Å². The fourth-order valence-corrected chi connectivity index (χ4v) is 2.86. The average molecular weight is 271 g/mol. The van der Waals surface area contributed by atoms with Gasteiger partial charge in [0.1, 0.15) is 5.76 Å². The number of anilines is 1. The van der Waals surface area contributed by atoms with E-state index in [4.69, 9.17) is 15.3 Å². The molecule has 3 N–H and O–H groups in total. The lowest BCUT2D eigenvalue weighted by atomic mass is 10.3. The molecule has 90 valence electrons. The van der Waals surface area contributed by atoms with Crippen molar-refractivity contribution in [2.75, 3.05) is 5.73 Å². The molecule has 0 saturated carbocycles. The standard InChI is InChI=1S/C9H9N3O3S2/c1-4-5(2-6(15-4)7(13)14)3-16-9-12-11-8(10)17-9/h2H,3H2,1H3,(H2,10,11)(H,13,14). The third kappa shape index (κ3) is 2.77. The molecule has 2 rings (SSSR count). The van der Waals surface area contributed by atoms with E-state index in [0.717, 1.165) is 9.90 Å². The number of nitrogens with two attached hydrogens (primary N) is 1. The Kier molecular flexibility index (Phi) is 3.34. The number of aromatic nitrogens is 2. The number of hydrogen-bond donors (Lipinski definition) is 2. The number of nitrogen functional groups attached to an aromatic ring is 1. The Morgan fingerprint density at radius 2 is 2.41 bits per heavy atom. The molecule has 0 aliphatic heterocycles. The Labute approximate surface area is 105 Å². The molecule has 0 aliphatic rings. The van der Waals surface area contributed by atoms with Crippen molar-refractivity contribution in [3.63, 3.8) is 0 Å². The molecule has 0 amide bonds. The van der Waals surface area contributed by atoms with Gasteiger partial charge in [-0.05, 0) is 13.0 Å². The van der Waals surface area contributed by atoms with Crippen LogP contribution in [-0.4, -0.2) is 21.3 Å². The summed E-state index contributed by atoms with van der Waals surface area (Å²) < 4.78 is 5.85. The smallest absolute Gasteiger partial charge is 0.371 e. The van der Waals surface area contributed by atoms with E-state index in [-0.39, 0.29) is 5.76 Å². The van der Waals surface area contributed by atoms with Crippen molar-refractivity contribution in [3.05, 3.63) is 23.2 Å². The van der Waals surface area contributed by atoms with Gasteiger partial charge in [0.2, 0.25) is 10.9 Å². The SMILES string of the molecule is Cc1oc(C(=O)O)cc1CSc1nnc(N)s1. The highest BCUT2D eigenvalue weighted by Crippen LogP contribution is 2.28. The summed E-state index contributed by atoms with van der Waals surface area (Å²) in [5.74, 6) is 0.0730. The van der Waals surface area contributed by atoms with E-state index < -0.39 is 5.97 Å². The van der Waals surface area contributed by atoms with Crippen molar-refractivity contribution in [2.45, 2.75) is 17.0 Å². The minimum Gasteiger partial charge on any atom is -0.475 e. The number of aryl methyl sites for hydroxylation is 1. The van der Waals surface area contributed by atoms with Crippen molar-refractivity contribution < 1.29 is 14.3 Å². The number of carboxylic acid groups (broad SMARTS) is 1. The zero-order valence-electron chi connectivity index (χ0n) is 8.84. The third-order valence-corrected chi connectivity index (χ3v) is 3.94. The Balaban J connectivity index is 2.06. The van der Waals surface area contributed by atoms with Crippen LogP contribution in [0.15, 0.2) is 14.8 Å². The highest BCUT2D eigenvalue weighted by Gasteiger charge is 2.13. The summed E-state index contributed by atoms with van der Waals surface area (Å²) in [4.78, 5) is 10.7. The number of hydrogen-bond acceptors (Lipinski definition) is 7. The van der Waals surface area contributed by atoms with Gasteiger partial charge < -0.3 is 15.3 Å². The van der Waals surface area contributed by atoms with Crippen LogP contribution in [0.2, 0.25) is 0 Å². The molecule has 8 heteroatoms. The summed E-state index contributed by atoms with van der Waals surface area (Å²) in [5.41, 5.74) is 6.29. The lowest BCUT2D eigenvalue weighted by molar-refractivity contribution is 0.0661. The topological polar surface area (TPSA) is 102 Å². The molecule has 0 aliphatic carbocycles. The first-order valence-corrected chi connectivity index (χ1v) is 6.41. The molecular formula is C9H9N3O3S2. The van der Waals surface area contributed by atoms with Crippen LogP contribution in [0.3, 0.4) is 0 Å². The van der Waals surface area contributed by atoms with Crippen molar-refractivity contribution >= 4 is 34.2 Å². The van der Waals surface area contributed by atoms with Gasteiger partial charge >= 0.3 is 5.97 Å². The lowest BCUT2D eigenvalue weighted by Crippen LogP contribution is -1.91. The van der Waals surface area contributed by atoms with E-state index in [9.17, 15) is 4.79 Å². The maximum Gasteiger partial charge on any atom is 0.371 e. The van der Waals surface area contributed by atoms with E-state index in [1.165, 1.54) is 29.2 Å². The van der Waals surface area contributed by atoms with Crippen LogP contribution in [-0.2, 0) is 5.75 Å². The van der Waals surface area contributed by atoms with E-state index in [1.54, 1.807) is 6.92 Å². The molecule has 6 nitrogen and oxygen atoms in total. The second-order valence-electron chi connectivity index (χ2n) is 3.19. The highest BCUT2D eigenvalue weighted by atomic mass is 32.2. The molecule has 0 bridgehead atoms. The first-order valence-electron chi connectivity index (χ1n) is 4.60. The van der Waals surface area contributed by atoms with Crippen molar-refractivity contribution in [2.24, 2.45) is 0 Å². The zero-order chi connectivity index (χ0) is 12.4. The van der Waals surface area contributed by atoms with Gasteiger partial charge in [-0.15, -0.1) is 10.2 Å². The molecule has 0 spiro atoms. The summed E-state index contributed by atoms with van der Waals surface area (Å²) in [7, 11) is 0. The van der Waals surface area contributed by atoms with Crippen molar-refractivity contribution in [1.29, 1.82) is 0 Å². The average Bonchev–Trinajstić information content (AvgIpc) is 2.82. The number of aromatic carboxylic acids is 1. The van der Waals surface area contributed by atoms with E-state index in [0.29, 0.717) is 16.6 Å². The van der Waals surface area contributed by atoms with Gasteiger partial charge in [0.25, 0.3) is 0 Å². The third-order valence-electron chi connectivity index (χ3n) is 2.00. The second-order valence-corrected chi connectivity index (χ2v) is 5.42. The molecule has 0 atom stereocenters. The molecule has 0 fully saturated rings. The molecule has 2 aromatic rings. The van der Waals surface area contributed by atoms with Gasteiger partial charge in [-0.3, -0.25) is 0 Å². The van der Waals surface area contributed by atoms with Gasteiger partial charge in [-0.25, -0.2) is 4.79 Å². The Bertz CT molecular complexity index is 549. The zero-order valence-corrected chi connectivity index (χ0v) is 10.5. The number of carboxylic acids is 1. The van der Waals surface area contributed by atoms with Crippen LogP contribution < -0.4 is 5.73 Å². The molecule has 0 saturated heterocycles. The van der Waals surface area contributed by atoms with Crippen LogP contribution >= 0.6 is 23.1 Å². The summed E-state index contributed by atoms with van der Waals surface area (Å²) in [6, 6.07) is 1.52. The van der Waals surface area contributed by atoms with Crippen LogP contribution in [0.5, 0.6) is 0 Å². The largest absolute Gasteiger partial charge is 0.475 e. The predicted molar refractivity (Wildman–Crippen MR) is 64.3 cm³/mol. The van der Waals surface area contributed by atoms with Crippen LogP contribution in [0, 0.1) is 6.92 Å². The minimum atomic E-state index is -1.07. The summed E-state index contributed by atoms with van der Waals surface area (Å²) in [6.07, 6.45) is 0. The quantitative estimate of drug-likeness (QED) is 0.820. The van der Waals surface area contributed by atoms with Crippen LogP contribution in [0.1, 0.15) is 21.9 Å². The molecule has 0 aromatic carbocycles. The minimum absolute atomic E-state index is 0.0464. The maximum atomic E-state index is 10.7. The highest BCUT2D eigenvalue weighted by molar-refractivity contribution is 8.00. The molecule has 2 heterocycles. The fraction of sp³-hybridized carbons (Fsp3) is 0.222. The van der Waals surface area contributed by atoms with Crippen LogP contribution in [0.25, 0.3) is 0 Å². The Morgan fingerprint density at radius 1 is 1.65 bits per heavy atom. The van der Waals surface area contributed by atoms with E-state index >= 15 is 0 Å². The molecule has 17 heavy (non-hydrogen) atoms. The second kappa shape index (κ2) is 4.76. The van der Waals surface area contributed by atoms with Gasteiger partial charge in [0.15, 0.2) is 4.34 Å². The Morgan fingerprint density at radius 3 is 2.94 bits per heavy atom. The number of thioether (sulfide) groups is 1. The fourth-order valence-electron chi connectivity index (χ4n) is 1.19.